The second-order valence-electron chi connectivity index (χ2n) is 3.65. The normalized spacial score (nSPS) is 19.0. The van der Waals surface area contributed by atoms with Crippen LogP contribution in [0.5, 0.6) is 0 Å². The molecule has 1 aromatic rings. The monoisotopic (exact) mass is 176 g/mol. The quantitative estimate of drug-likeness (QED) is 0.698. The molecule has 1 heterocycles. The molecule has 0 spiro atoms. The van der Waals surface area contributed by atoms with E-state index in [4.69, 9.17) is 5.26 Å². The molecule has 13 heavy (non-hydrogen) atoms. The molecule has 2 rings (SSSR count). The highest BCUT2D eigenvalue weighted by atomic mass is 15.3. The highest BCUT2D eigenvalue weighted by molar-refractivity contribution is 5.04. The van der Waals surface area contributed by atoms with E-state index >= 15 is 0 Å². The summed E-state index contributed by atoms with van der Waals surface area (Å²) in [5, 5.41) is 13.0. The largest absolute Gasteiger partial charge is 0.253 e. The summed E-state index contributed by atoms with van der Waals surface area (Å²) in [6.07, 6.45) is 7.44. The Bertz CT molecular complexity index is 305. The van der Waals surface area contributed by atoms with Crippen LogP contribution in [0.3, 0.4) is 0 Å². The number of hydrogen-bond acceptors (Lipinski definition) is 3. The van der Waals surface area contributed by atoms with Gasteiger partial charge in [0.1, 0.15) is 12.7 Å². The second kappa shape index (κ2) is 3.17. The summed E-state index contributed by atoms with van der Waals surface area (Å²) in [4.78, 5) is 3.86. The first-order valence-corrected chi connectivity index (χ1v) is 4.58. The Balaban J connectivity index is 1.89. The first kappa shape index (κ1) is 8.24. The number of hydrogen-bond donors (Lipinski definition) is 0. The minimum absolute atomic E-state index is 0.0497. The third kappa shape index (κ3) is 1.55. The van der Waals surface area contributed by atoms with Crippen molar-refractivity contribution in [2.45, 2.75) is 32.2 Å². The fourth-order valence-electron chi connectivity index (χ4n) is 1.70. The van der Waals surface area contributed by atoms with E-state index in [0.717, 1.165) is 25.8 Å². The Kier molecular flexibility index (Phi) is 2.01. The van der Waals surface area contributed by atoms with Crippen molar-refractivity contribution in [1.29, 1.82) is 5.26 Å². The van der Waals surface area contributed by atoms with Gasteiger partial charge >= 0.3 is 0 Å². The Hall–Kier alpha value is -1.37. The SMILES string of the molecule is N#CC1(CCn2cncn2)CCC1. The Morgan fingerprint density at radius 1 is 1.54 bits per heavy atom. The minimum Gasteiger partial charge on any atom is -0.253 e. The average molecular weight is 176 g/mol. The van der Waals surface area contributed by atoms with Crippen LogP contribution in [0.2, 0.25) is 0 Å². The van der Waals surface area contributed by atoms with Crippen molar-refractivity contribution in [3.05, 3.63) is 12.7 Å². The van der Waals surface area contributed by atoms with Gasteiger partial charge in [-0.2, -0.15) is 10.4 Å². The maximum atomic E-state index is 8.97. The molecular weight excluding hydrogens is 164 g/mol. The van der Waals surface area contributed by atoms with E-state index in [-0.39, 0.29) is 5.41 Å². The van der Waals surface area contributed by atoms with Crippen molar-refractivity contribution in [3.63, 3.8) is 0 Å². The van der Waals surface area contributed by atoms with Crippen molar-refractivity contribution >= 4 is 0 Å². The van der Waals surface area contributed by atoms with Crippen molar-refractivity contribution in [3.8, 4) is 6.07 Å². The summed E-state index contributed by atoms with van der Waals surface area (Å²) in [6.45, 7) is 0.813. The lowest BCUT2D eigenvalue weighted by Gasteiger charge is -2.34. The molecule has 1 aliphatic carbocycles. The zero-order valence-electron chi connectivity index (χ0n) is 7.48. The molecule has 0 amide bonds. The molecule has 1 fully saturated rings. The molecule has 4 nitrogen and oxygen atoms in total. The molecule has 0 radical (unpaired) electrons. The zero-order chi connectivity index (χ0) is 9.15. The van der Waals surface area contributed by atoms with Crippen LogP contribution in [0, 0.1) is 16.7 Å². The number of aromatic nitrogens is 3. The highest BCUT2D eigenvalue weighted by Gasteiger charge is 2.36. The molecule has 0 aromatic carbocycles. The maximum Gasteiger partial charge on any atom is 0.137 e. The van der Waals surface area contributed by atoms with E-state index in [1.165, 1.54) is 12.7 Å². The molecule has 0 saturated heterocycles. The molecule has 1 aliphatic rings. The summed E-state index contributed by atoms with van der Waals surface area (Å²) in [5.41, 5.74) is -0.0497. The van der Waals surface area contributed by atoms with E-state index in [9.17, 15) is 0 Å². The van der Waals surface area contributed by atoms with Gasteiger partial charge in [-0.15, -0.1) is 0 Å². The van der Waals surface area contributed by atoms with Crippen LogP contribution in [0.4, 0.5) is 0 Å². The van der Waals surface area contributed by atoms with Gasteiger partial charge in [-0.05, 0) is 19.3 Å². The molecule has 68 valence electrons. The van der Waals surface area contributed by atoms with Gasteiger partial charge < -0.3 is 0 Å². The second-order valence-corrected chi connectivity index (χ2v) is 3.65. The Morgan fingerprint density at radius 2 is 2.38 bits per heavy atom. The van der Waals surface area contributed by atoms with Crippen LogP contribution in [-0.2, 0) is 6.54 Å². The standard InChI is InChI=1S/C9H12N4/c10-6-9(2-1-3-9)4-5-13-8-11-7-12-13/h7-8H,1-5H2. The fourth-order valence-corrected chi connectivity index (χ4v) is 1.70. The molecular formula is C9H12N4. The molecule has 0 aliphatic heterocycles. The van der Waals surface area contributed by atoms with Gasteiger partial charge in [0, 0.05) is 6.54 Å². The predicted octanol–water partition coefficient (Wildman–Crippen LogP) is 1.36. The number of nitrogens with zero attached hydrogens (tertiary/aromatic N) is 4. The van der Waals surface area contributed by atoms with E-state index < -0.39 is 0 Å². The highest BCUT2D eigenvalue weighted by Crippen LogP contribution is 2.43. The van der Waals surface area contributed by atoms with Crippen LogP contribution in [0.15, 0.2) is 12.7 Å². The third-order valence-corrected chi connectivity index (χ3v) is 2.83. The van der Waals surface area contributed by atoms with Crippen LogP contribution >= 0.6 is 0 Å². The van der Waals surface area contributed by atoms with Gasteiger partial charge in [-0.3, -0.25) is 4.68 Å². The minimum atomic E-state index is -0.0497. The van der Waals surface area contributed by atoms with Gasteiger partial charge in [0.2, 0.25) is 0 Å². The third-order valence-electron chi connectivity index (χ3n) is 2.83. The van der Waals surface area contributed by atoms with Crippen LogP contribution in [0.1, 0.15) is 25.7 Å². The lowest BCUT2D eigenvalue weighted by molar-refractivity contribution is 0.185. The topological polar surface area (TPSA) is 54.5 Å². The fraction of sp³-hybridized carbons (Fsp3) is 0.667. The van der Waals surface area contributed by atoms with Crippen molar-refractivity contribution in [2.75, 3.05) is 0 Å². The Morgan fingerprint density at radius 3 is 2.85 bits per heavy atom. The Labute approximate surface area is 77.2 Å². The number of rotatable bonds is 3. The number of nitriles is 1. The molecule has 0 unspecified atom stereocenters. The number of aryl methyl sites for hydroxylation is 1. The zero-order valence-corrected chi connectivity index (χ0v) is 7.48. The van der Waals surface area contributed by atoms with E-state index in [1.807, 2.05) is 0 Å². The van der Waals surface area contributed by atoms with E-state index in [2.05, 4.69) is 16.2 Å². The van der Waals surface area contributed by atoms with E-state index in [0.29, 0.717) is 0 Å². The summed E-state index contributed by atoms with van der Waals surface area (Å²) in [5.74, 6) is 0. The summed E-state index contributed by atoms with van der Waals surface area (Å²) in [6, 6.07) is 2.42. The molecule has 0 bridgehead atoms. The van der Waals surface area contributed by atoms with Crippen LogP contribution in [-0.4, -0.2) is 14.8 Å². The molecule has 1 saturated carbocycles. The lowest BCUT2D eigenvalue weighted by Crippen LogP contribution is -2.28. The van der Waals surface area contributed by atoms with E-state index in [1.54, 1.807) is 11.0 Å². The molecule has 4 heteroatoms. The summed E-state index contributed by atoms with van der Waals surface area (Å²) >= 11 is 0. The van der Waals surface area contributed by atoms with Gasteiger partial charge in [0.25, 0.3) is 0 Å². The lowest BCUT2D eigenvalue weighted by atomic mass is 9.68. The average Bonchev–Trinajstić information content (AvgIpc) is 2.56. The van der Waals surface area contributed by atoms with Gasteiger partial charge in [0.05, 0.1) is 11.5 Å². The predicted molar refractivity (Wildman–Crippen MR) is 46.5 cm³/mol. The first-order valence-electron chi connectivity index (χ1n) is 4.58. The van der Waals surface area contributed by atoms with Crippen molar-refractivity contribution < 1.29 is 0 Å². The molecule has 0 atom stereocenters. The first-order chi connectivity index (χ1) is 6.35. The maximum absolute atomic E-state index is 8.97. The summed E-state index contributed by atoms with van der Waals surface area (Å²) < 4.78 is 1.79. The van der Waals surface area contributed by atoms with Crippen molar-refractivity contribution in [2.24, 2.45) is 5.41 Å². The summed E-state index contributed by atoms with van der Waals surface area (Å²) in [7, 11) is 0. The molecule has 1 aromatic heterocycles. The smallest absolute Gasteiger partial charge is 0.137 e. The van der Waals surface area contributed by atoms with Gasteiger partial charge in [-0.25, -0.2) is 4.98 Å². The van der Waals surface area contributed by atoms with Crippen LogP contribution in [0.25, 0.3) is 0 Å². The molecule has 0 N–H and O–H groups in total. The van der Waals surface area contributed by atoms with Crippen molar-refractivity contribution in [1.82, 2.24) is 14.8 Å². The van der Waals surface area contributed by atoms with Gasteiger partial charge in [-0.1, -0.05) is 6.42 Å². The van der Waals surface area contributed by atoms with Crippen LogP contribution < -0.4 is 0 Å². The van der Waals surface area contributed by atoms with Gasteiger partial charge in [0.15, 0.2) is 0 Å².